The van der Waals surface area contributed by atoms with Gasteiger partial charge in [0.15, 0.2) is 5.81 Å². The van der Waals surface area contributed by atoms with Crippen LogP contribution in [0.3, 0.4) is 0 Å². The summed E-state index contributed by atoms with van der Waals surface area (Å²) >= 11 is 0. The third-order valence-corrected chi connectivity index (χ3v) is 2.86. The number of hydrogen-bond donors (Lipinski definition) is 0. The predicted octanol–water partition coefficient (Wildman–Crippen LogP) is 0.429. The first-order chi connectivity index (χ1) is 6.02. The highest BCUT2D eigenvalue weighted by Gasteiger charge is 2.28. The second kappa shape index (κ2) is 3.94. The lowest BCUT2D eigenvalue weighted by Crippen LogP contribution is -2.46. The summed E-state index contributed by atoms with van der Waals surface area (Å²) in [5.41, 5.74) is 0. The smallest absolute Gasteiger partial charge is 0.215 e. The van der Waals surface area contributed by atoms with Gasteiger partial charge in [0, 0.05) is 18.5 Å². The molecule has 0 unspecified atom stereocenters. The van der Waals surface area contributed by atoms with Crippen molar-refractivity contribution in [2.45, 2.75) is 32.7 Å². The third-order valence-electron chi connectivity index (χ3n) is 2.86. The van der Waals surface area contributed by atoms with Crippen LogP contribution < -0.4 is 0 Å². The van der Waals surface area contributed by atoms with Crippen LogP contribution in [0.4, 0.5) is 4.79 Å². The predicted molar refractivity (Wildman–Crippen MR) is 53.5 cm³/mol. The van der Waals surface area contributed by atoms with Crippen molar-refractivity contribution in [2.75, 3.05) is 6.54 Å². The van der Waals surface area contributed by atoms with Crippen LogP contribution in [0.5, 0.6) is 0 Å². The van der Waals surface area contributed by atoms with Crippen LogP contribution in [0.25, 0.3) is 0 Å². The van der Waals surface area contributed by atoms with Crippen molar-refractivity contribution < 1.29 is 9.59 Å². The van der Waals surface area contributed by atoms with E-state index < -0.39 is 0 Å². The Hall–Kier alpha value is -0.795. The second-order valence-corrected chi connectivity index (χ2v) is 3.91. The molecule has 0 aromatic rings. The van der Waals surface area contributed by atoms with E-state index in [0.717, 1.165) is 12.8 Å². The highest BCUT2D eigenvalue weighted by Crippen LogP contribution is 2.22. The number of amides is 1. The summed E-state index contributed by atoms with van der Waals surface area (Å²) in [5.74, 6) is 0.358. The van der Waals surface area contributed by atoms with Gasteiger partial charge in [0.1, 0.15) is 5.78 Å². The molecule has 3 nitrogen and oxygen atoms in total. The molecule has 0 saturated carbocycles. The minimum atomic E-state index is 0.0695. The molecule has 0 spiro atoms. The number of rotatable bonds is 1. The lowest BCUT2D eigenvalue weighted by molar-refractivity contribution is -0.122. The van der Waals surface area contributed by atoms with Crippen LogP contribution in [-0.2, 0) is 4.79 Å². The minimum absolute atomic E-state index is 0.0695. The Morgan fingerprint density at radius 3 is 2.46 bits per heavy atom. The molecule has 13 heavy (non-hydrogen) atoms. The van der Waals surface area contributed by atoms with Gasteiger partial charge >= 0.3 is 0 Å². The van der Waals surface area contributed by atoms with E-state index in [9.17, 15) is 9.59 Å². The maximum absolute atomic E-state index is 11.2. The van der Waals surface area contributed by atoms with Crippen molar-refractivity contribution >= 4 is 19.4 Å². The van der Waals surface area contributed by atoms with Gasteiger partial charge in [-0.3, -0.25) is 9.59 Å². The van der Waals surface area contributed by atoms with E-state index in [1.54, 1.807) is 19.7 Å². The first-order valence-electron chi connectivity index (χ1n) is 4.80. The van der Waals surface area contributed by atoms with E-state index in [2.05, 4.69) is 0 Å². The maximum Gasteiger partial charge on any atom is 0.215 e. The quantitative estimate of drug-likeness (QED) is 0.550. The summed E-state index contributed by atoms with van der Waals surface area (Å²) in [4.78, 5) is 24.1. The number of nitrogens with zero attached hydrogens (tertiary/aromatic N) is 1. The van der Waals surface area contributed by atoms with E-state index in [-0.39, 0.29) is 17.5 Å². The highest BCUT2D eigenvalue weighted by atomic mass is 16.2. The molecule has 4 heteroatoms. The van der Waals surface area contributed by atoms with Crippen LogP contribution >= 0.6 is 0 Å². The molecule has 72 valence electrons. The van der Waals surface area contributed by atoms with Crippen LogP contribution in [0.2, 0.25) is 0 Å². The fourth-order valence-corrected chi connectivity index (χ4v) is 1.88. The van der Waals surface area contributed by atoms with Gasteiger partial charge in [-0.1, -0.05) is 0 Å². The molecule has 0 aromatic carbocycles. The first-order valence-corrected chi connectivity index (χ1v) is 4.80. The molecule has 0 aromatic heterocycles. The lowest BCUT2D eigenvalue weighted by atomic mass is 9.89. The molecule has 1 saturated heterocycles. The van der Waals surface area contributed by atoms with Crippen molar-refractivity contribution in [1.82, 2.24) is 4.90 Å². The zero-order valence-electron chi connectivity index (χ0n) is 8.54. The molecule has 0 bridgehead atoms. The normalized spacial score (nSPS) is 28.6. The molecular formula is C9H16BNO2. The van der Waals surface area contributed by atoms with E-state index >= 15 is 0 Å². The summed E-state index contributed by atoms with van der Waals surface area (Å²) < 4.78 is 0. The minimum Gasteiger partial charge on any atom is -0.349 e. The summed E-state index contributed by atoms with van der Waals surface area (Å²) in [6.07, 6.45) is 1.88. The number of carbonyl (C=O) groups excluding carboxylic acids is 2. The number of likely N-dealkylation sites (tertiary alicyclic amines) is 1. The fourth-order valence-electron chi connectivity index (χ4n) is 1.88. The molecule has 2 atom stereocenters. The van der Waals surface area contributed by atoms with Crippen LogP contribution in [0.15, 0.2) is 0 Å². The summed E-state index contributed by atoms with van der Waals surface area (Å²) in [6.45, 7) is 4.27. The van der Waals surface area contributed by atoms with E-state index in [1.807, 2.05) is 6.92 Å². The van der Waals surface area contributed by atoms with E-state index in [4.69, 9.17) is 0 Å². The monoisotopic (exact) mass is 181 g/mol. The third kappa shape index (κ3) is 2.33. The molecule has 0 radical (unpaired) electrons. The van der Waals surface area contributed by atoms with Gasteiger partial charge in [-0.2, -0.15) is 0 Å². The van der Waals surface area contributed by atoms with Crippen molar-refractivity contribution in [3.63, 3.8) is 0 Å². The number of carbonyl (C=O) groups is 2. The zero-order chi connectivity index (χ0) is 10.0. The van der Waals surface area contributed by atoms with E-state index in [0.29, 0.717) is 12.6 Å². The number of ketones is 1. The Morgan fingerprint density at radius 1 is 1.38 bits per heavy atom. The van der Waals surface area contributed by atoms with Crippen LogP contribution in [0.1, 0.15) is 26.7 Å². The van der Waals surface area contributed by atoms with Gasteiger partial charge in [-0.25, -0.2) is 0 Å². The van der Waals surface area contributed by atoms with Gasteiger partial charge in [0.2, 0.25) is 7.85 Å². The zero-order valence-corrected chi connectivity index (χ0v) is 8.54. The van der Waals surface area contributed by atoms with Crippen LogP contribution in [-0.4, -0.2) is 36.9 Å². The van der Waals surface area contributed by atoms with Gasteiger partial charge in [-0.15, -0.1) is 0 Å². The number of Topliss-reactive ketones (excluding diaryl/α,β-unsaturated/α-hetero) is 1. The molecule has 1 fully saturated rings. The van der Waals surface area contributed by atoms with Crippen molar-refractivity contribution in [3.8, 4) is 0 Å². The average Bonchev–Trinajstić information content (AvgIpc) is 2.04. The Labute approximate surface area is 79.9 Å². The van der Waals surface area contributed by atoms with Crippen molar-refractivity contribution in [2.24, 2.45) is 5.92 Å². The standard InChI is InChI=1S/C9H16BNO2/c1-6-3-4-8(7(2)12)5-11(6)9(10)13/h6,8H,3-5,10H2,1-2H3/t6-,8-/m1/s1. The van der Waals surface area contributed by atoms with Gasteiger partial charge in [0.05, 0.1) is 0 Å². The van der Waals surface area contributed by atoms with Crippen molar-refractivity contribution in [1.29, 1.82) is 0 Å². The molecule has 1 aliphatic heterocycles. The van der Waals surface area contributed by atoms with Gasteiger partial charge < -0.3 is 4.90 Å². The molecule has 1 rings (SSSR count). The molecule has 1 aliphatic rings. The lowest BCUT2D eigenvalue weighted by Gasteiger charge is -2.36. The SMILES string of the molecule is BC(=O)N1C[C@H](C(C)=O)CC[C@H]1C. The number of hydrogen-bond acceptors (Lipinski definition) is 2. The summed E-state index contributed by atoms with van der Waals surface area (Å²) in [5, 5.41) is 0. The van der Waals surface area contributed by atoms with Crippen molar-refractivity contribution in [3.05, 3.63) is 0 Å². The first kappa shape index (κ1) is 10.3. The maximum atomic E-state index is 11.2. The Bertz CT molecular complexity index is 230. The Morgan fingerprint density at radius 2 is 2.00 bits per heavy atom. The molecular weight excluding hydrogens is 165 g/mol. The molecule has 1 heterocycles. The summed E-state index contributed by atoms with van der Waals surface area (Å²) in [6, 6.07) is 0.299. The fraction of sp³-hybridized carbons (Fsp3) is 0.778. The second-order valence-electron chi connectivity index (χ2n) is 3.91. The number of piperidine rings is 1. The Kier molecular flexibility index (Phi) is 3.12. The van der Waals surface area contributed by atoms with Crippen LogP contribution in [0, 0.1) is 5.92 Å². The topological polar surface area (TPSA) is 37.4 Å². The molecule has 1 amide bonds. The highest BCUT2D eigenvalue weighted by molar-refractivity contribution is 6.57. The largest absolute Gasteiger partial charge is 0.349 e. The Balaban J connectivity index is 2.63. The van der Waals surface area contributed by atoms with E-state index in [1.165, 1.54) is 0 Å². The molecule has 0 N–H and O–H groups in total. The molecule has 0 aliphatic carbocycles. The van der Waals surface area contributed by atoms with Gasteiger partial charge in [-0.05, 0) is 26.7 Å². The van der Waals surface area contributed by atoms with Gasteiger partial charge in [0.25, 0.3) is 0 Å². The summed E-state index contributed by atoms with van der Waals surface area (Å²) in [7, 11) is 1.57. The average molecular weight is 181 g/mol.